The van der Waals surface area contributed by atoms with Crippen molar-refractivity contribution in [1.29, 1.82) is 0 Å². The number of aliphatic hydroxyl groups excluding tert-OH is 1. The zero-order chi connectivity index (χ0) is 13.6. The number of halogens is 1. The summed E-state index contributed by atoms with van der Waals surface area (Å²) in [4.78, 5) is 3.71. The van der Waals surface area contributed by atoms with E-state index in [0.717, 1.165) is 24.2 Å². The van der Waals surface area contributed by atoms with Crippen LogP contribution in [0, 0.1) is 5.92 Å². The lowest BCUT2D eigenvalue weighted by atomic mass is 10.0. The molecule has 0 spiro atoms. The minimum Gasteiger partial charge on any atom is -0.396 e. The standard InChI is InChI=1S/C10H17ClN2O3S2/c1-2-3-8(4-5-14)6-13-18(15,16)9-7-12-10(11)17-9/h7-8,13-14H,2-6H2,1H3. The number of nitrogens with one attached hydrogen (secondary N) is 1. The Labute approximate surface area is 116 Å². The molecule has 1 rings (SSSR count). The lowest BCUT2D eigenvalue weighted by Gasteiger charge is -2.15. The van der Waals surface area contributed by atoms with E-state index in [-0.39, 0.29) is 21.2 Å². The Balaban J connectivity index is 2.60. The van der Waals surface area contributed by atoms with Crippen molar-refractivity contribution in [1.82, 2.24) is 9.71 Å². The minimum atomic E-state index is -3.53. The second-order valence-electron chi connectivity index (χ2n) is 3.95. The molecule has 18 heavy (non-hydrogen) atoms. The fourth-order valence-corrected chi connectivity index (χ4v) is 4.05. The van der Waals surface area contributed by atoms with Crippen molar-refractivity contribution in [2.75, 3.05) is 13.2 Å². The molecule has 1 heterocycles. The van der Waals surface area contributed by atoms with Crippen LogP contribution in [-0.4, -0.2) is 31.7 Å². The summed E-state index contributed by atoms with van der Waals surface area (Å²) < 4.78 is 26.6. The van der Waals surface area contributed by atoms with Crippen LogP contribution in [0.5, 0.6) is 0 Å². The molecule has 0 aromatic carbocycles. The molecule has 5 nitrogen and oxygen atoms in total. The number of hydrogen-bond donors (Lipinski definition) is 2. The van der Waals surface area contributed by atoms with Crippen LogP contribution >= 0.6 is 22.9 Å². The van der Waals surface area contributed by atoms with Crippen LogP contribution in [0.3, 0.4) is 0 Å². The molecule has 0 aliphatic heterocycles. The Morgan fingerprint density at radius 3 is 2.78 bits per heavy atom. The molecule has 0 fully saturated rings. The van der Waals surface area contributed by atoms with E-state index < -0.39 is 10.0 Å². The Morgan fingerprint density at radius 2 is 2.28 bits per heavy atom. The van der Waals surface area contributed by atoms with Gasteiger partial charge < -0.3 is 5.11 Å². The quantitative estimate of drug-likeness (QED) is 0.768. The highest BCUT2D eigenvalue weighted by atomic mass is 35.5. The average molecular weight is 313 g/mol. The molecule has 0 saturated carbocycles. The monoisotopic (exact) mass is 312 g/mol. The summed E-state index contributed by atoms with van der Waals surface area (Å²) in [7, 11) is -3.53. The summed E-state index contributed by atoms with van der Waals surface area (Å²) in [6.45, 7) is 2.42. The fraction of sp³-hybridized carbons (Fsp3) is 0.700. The summed E-state index contributed by atoms with van der Waals surface area (Å²) in [5, 5.41) is 8.91. The highest BCUT2D eigenvalue weighted by molar-refractivity contribution is 7.91. The predicted octanol–water partition coefficient (Wildman–Crippen LogP) is 1.87. The molecule has 1 aromatic rings. The molecule has 2 N–H and O–H groups in total. The van der Waals surface area contributed by atoms with Gasteiger partial charge in [-0.05, 0) is 18.8 Å². The van der Waals surface area contributed by atoms with E-state index in [1.165, 1.54) is 6.20 Å². The van der Waals surface area contributed by atoms with Crippen LogP contribution in [0.15, 0.2) is 10.4 Å². The van der Waals surface area contributed by atoms with Gasteiger partial charge in [0.15, 0.2) is 8.68 Å². The van der Waals surface area contributed by atoms with Gasteiger partial charge in [-0.3, -0.25) is 0 Å². The van der Waals surface area contributed by atoms with E-state index in [1.807, 2.05) is 6.92 Å². The van der Waals surface area contributed by atoms with Gasteiger partial charge in [0.2, 0.25) is 0 Å². The molecule has 0 bridgehead atoms. The number of nitrogens with zero attached hydrogens (tertiary/aromatic N) is 1. The summed E-state index contributed by atoms with van der Waals surface area (Å²) in [5.74, 6) is 0.151. The second-order valence-corrected chi connectivity index (χ2v) is 7.56. The van der Waals surface area contributed by atoms with Gasteiger partial charge in [-0.2, -0.15) is 0 Å². The van der Waals surface area contributed by atoms with E-state index in [2.05, 4.69) is 9.71 Å². The first-order chi connectivity index (χ1) is 8.49. The zero-order valence-electron chi connectivity index (χ0n) is 10.1. The number of hydrogen-bond acceptors (Lipinski definition) is 5. The maximum atomic E-state index is 11.9. The first kappa shape index (κ1) is 15.8. The van der Waals surface area contributed by atoms with E-state index >= 15 is 0 Å². The third-order valence-corrected chi connectivity index (χ3v) is 5.52. The van der Waals surface area contributed by atoms with E-state index in [4.69, 9.17) is 16.7 Å². The van der Waals surface area contributed by atoms with E-state index in [9.17, 15) is 8.42 Å². The third kappa shape index (κ3) is 4.81. The Hall–Kier alpha value is -0.210. The number of aromatic nitrogens is 1. The minimum absolute atomic E-state index is 0.0682. The summed E-state index contributed by atoms with van der Waals surface area (Å²) in [6.07, 6.45) is 3.68. The summed E-state index contributed by atoms with van der Waals surface area (Å²) >= 11 is 6.54. The molecule has 8 heteroatoms. The largest absolute Gasteiger partial charge is 0.396 e. The number of aliphatic hydroxyl groups is 1. The van der Waals surface area contributed by atoms with Crippen LogP contribution in [-0.2, 0) is 10.0 Å². The zero-order valence-corrected chi connectivity index (χ0v) is 12.5. The summed E-state index contributed by atoms with van der Waals surface area (Å²) in [6, 6.07) is 0. The molecule has 1 unspecified atom stereocenters. The maximum Gasteiger partial charge on any atom is 0.251 e. The Bertz CT molecular complexity index is 455. The van der Waals surface area contributed by atoms with Gasteiger partial charge in [0.25, 0.3) is 10.0 Å². The van der Waals surface area contributed by atoms with Gasteiger partial charge in [-0.1, -0.05) is 36.3 Å². The van der Waals surface area contributed by atoms with Gasteiger partial charge >= 0.3 is 0 Å². The molecule has 104 valence electrons. The average Bonchev–Trinajstić information content (AvgIpc) is 2.74. The molecule has 1 aromatic heterocycles. The van der Waals surface area contributed by atoms with Crippen molar-refractivity contribution in [2.45, 2.75) is 30.4 Å². The molecule has 0 amide bonds. The van der Waals surface area contributed by atoms with Gasteiger partial charge in [-0.15, -0.1) is 0 Å². The molecule has 0 aliphatic rings. The van der Waals surface area contributed by atoms with Crippen LogP contribution < -0.4 is 4.72 Å². The molecular formula is C10H17ClN2O3S2. The number of thiazole rings is 1. The smallest absolute Gasteiger partial charge is 0.251 e. The molecule has 1 atom stereocenters. The van der Waals surface area contributed by atoms with Crippen LogP contribution in [0.2, 0.25) is 4.47 Å². The lowest BCUT2D eigenvalue weighted by Crippen LogP contribution is -2.29. The Kier molecular flexibility index (Phi) is 6.51. The van der Waals surface area contributed by atoms with E-state index in [1.54, 1.807) is 0 Å². The van der Waals surface area contributed by atoms with Crippen LogP contribution in [0.25, 0.3) is 0 Å². The second kappa shape index (κ2) is 7.40. The Morgan fingerprint density at radius 1 is 1.56 bits per heavy atom. The number of sulfonamides is 1. The van der Waals surface area contributed by atoms with Gasteiger partial charge in [0.1, 0.15) is 0 Å². The van der Waals surface area contributed by atoms with Crippen molar-refractivity contribution >= 4 is 33.0 Å². The van der Waals surface area contributed by atoms with Crippen molar-refractivity contribution in [3.05, 3.63) is 10.7 Å². The number of rotatable bonds is 8. The third-order valence-electron chi connectivity index (χ3n) is 2.52. The van der Waals surface area contributed by atoms with E-state index in [0.29, 0.717) is 13.0 Å². The summed E-state index contributed by atoms with van der Waals surface area (Å²) in [5.41, 5.74) is 0. The molecule has 0 aliphatic carbocycles. The fourth-order valence-electron chi connectivity index (χ4n) is 1.60. The first-order valence-electron chi connectivity index (χ1n) is 5.71. The highest BCUT2D eigenvalue weighted by Crippen LogP contribution is 2.22. The molecular weight excluding hydrogens is 296 g/mol. The highest BCUT2D eigenvalue weighted by Gasteiger charge is 2.19. The SMILES string of the molecule is CCCC(CCO)CNS(=O)(=O)c1cnc(Cl)s1. The van der Waals surface area contributed by atoms with Gasteiger partial charge in [0, 0.05) is 13.2 Å². The van der Waals surface area contributed by atoms with Crippen molar-refractivity contribution in [3.63, 3.8) is 0 Å². The molecule has 0 saturated heterocycles. The first-order valence-corrected chi connectivity index (χ1v) is 8.39. The van der Waals surface area contributed by atoms with Crippen molar-refractivity contribution in [2.24, 2.45) is 5.92 Å². The molecule has 0 radical (unpaired) electrons. The lowest BCUT2D eigenvalue weighted by molar-refractivity contribution is 0.251. The van der Waals surface area contributed by atoms with Crippen LogP contribution in [0.4, 0.5) is 0 Å². The normalized spacial score (nSPS) is 13.7. The maximum absolute atomic E-state index is 11.9. The van der Waals surface area contributed by atoms with Gasteiger partial charge in [0.05, 0.1) is 6.20 Å². The van der Waals surface area contributed by atoms with Crippen LogP contribution in [0.1, 0.15) is 26.2 Å². The van der Waals surface area contributed by atoms with Gasteiger partial charge in [-0.25, -0.2) is 18.1 Å². The van der Waals surface area contributed by atoms with Crippen molar-refractivity contribution < 1.29 is 13.5 Å². The topological polar surface area (TPSA) is 79.3 Å². The van der Waals surface area contributed by atoms with Crippen molar-refractivity contribution in [3.8, 4) is 0 Å². The predicted molar refractivity (Wildman–Crippen MR) is 72.4 cm³/mol.